The van der Waals surface area contributed by atoms with Gasteiger partial charge in [0.1, 0.15) is 5.82 Å². The van der Waals surface area contributed by atoms with E-state index in [0.717, 1.165) is 6.07 Å². The molecule has 0 aliphatic rings. The molecular weight excluding hydrogens is 422 g/mol. The van der Waals surface area contributed by atoms with Gasteiger partial charge in [-0.1, -0.05) is 39.1 Å². The maximum Gasteiger partial charge on any atom is 0.197 e. The quantitative estimate of drug-likeness (QED) is 0.432. The Kier molecular flexibility index (Phi) is 4.66. The number of hydrogen-bond acceptors (Lipinski definition) is 1. The lowest BCUT2D eigenvalue weighted by Gasteiger charge is -2.07. The number of hydrogen-bond donors (Lipinski definition) is 0. The van der Waals surface area contributed by atoms with Crippen molar-refractivity contribution in [3.05, 3.63) is 66.3 Å². The SMILES string of the molecule is O=C(c1cc(Cl)c(Br)cc1F)c1cc(Cl)ccc1Br. The average Bonchev–Trinajstić information content (AvgIpc) is 2.36. The Morgan fingerprint density at radius 3 is 2.37 bits per heavy atom. The lowest BCUT2D eigenvalue weighted by atomic mass is 10.0. The van der Waals surface area contributed by atoms with Gasteiger partial charge in [0.05, 0.1) is 10.6 Å². The minimum absolute atomic E-state index is 0.101. The molecule has 0 saturated heterocycles. The first-order valence-electron chi connectivity index (χ1n) is 5.04. The van der Waals surface area contributed by atoms with Crippen molar-refractivity contribution in [1.29, 1.82) is 0 Å². The van der Waals surface area contributed by atoms with Crippen LogP contribution in [0.5, 0.6) is 0 Å². The maximum atomic E-state index is 13.8. The number of carbonyl (C=O) groups excluding carboxylic acids is 1. The summed E-state index contributed by atoms with van der Waals surface area (Å²) in [6.07, 6.45) is 0. The predicted molar refractivity (Wildman–Crippen MR) is 81.7 cm³/mol. The van der Waals surface area contributed by atoms with Crippen molar-refractivity contribution in [1.82, 2.24) is 0 Å². The van der Waals surface area contributed by atoms with Gasteiger partial charge in [-0.3, -0.25) is 4.79 Å². The normalized spacial score (nSPS) is 10.6. The van der Waals surface area contributed by atoms with E-state index >= 15 is 0 Å². The third-order valence-electron chi connectivity index (χ3n) is 2.43. The highest BCUT2D eigenvalue weighted by Gasteiger charge is 2.18. The van der Waals surface area contributed by atoms with Crippen LogP contribution in [0.4, 0.5) is 4.39 Å². The van der Waals surface area contributed by atoms with E-state index in [1.54, 1.807) is 12.1 Å². The first-order valence-corrected chi connectivity index (χ1v) is 7.38. The molecule has 0 atom stereocenters. The van der Waals surface area contributed by atoms with Gasteiger partial charge in [0.2, 0.25) is 0 Å². The van der Waals surface area contributed by atoms with Crippen LogP contribution in [0, 0.1) is 5.82 Å². The Hall–Kier alpha value is -0.420. The second kappa shape index (κ2) is 5.92. The van der Waals surface area contributed by atoms with E-state index in [1.165, 1.54) is 12.1 Å². The first kappa shape index (κ1) is 15.0. The lowest BCUT2D eigenvalue weighted by molar-refractivity contribution is 0.103. The van der Waals surface area contributed by atoms with Gasteiger partial charge in [-0.15, -0.1) is 0 Å². The molecule has 0 aliphatic heterocycles. The molecule has 0 amide bonds. The monoisotopic (exact) mass is 424 g/mol. The molecule has 0 aliphatic carbocycles. The Balaban J connectivity index is 2.56. The molecule has 19 heavy (non-hydrogen) atoms. The molecule has 0 fully saturated rings. The summed E-state index contributed by atoms with van der Waals surface area (Å²) in [5.74, 6) is -1.13. The Morgan fingerprint density at radius 2 is 1.68 bits per heavy atom. The Labute approximate surface area is 136 Å². The molecule has 0 aromatic heterocycles. The fraction of sp³-hybridized carbons (Fsp3) is 0. The average molecular weight is 427 g/mol. The predicted octanol–water partition coefficient (Wildman–Crippen LogP) is 5.89. The minimum atomic E-state index is -0.645. The summed E-state index contributed by atoms with van der Waals surface area (Å²) in [5.41, 5.74) is 0.181. The number of benzene rings is 2. The van der Waals surface area contributed by atoms with Gasteiger partial charge in [0, 0.05) is 19.5 Å². The summed E-state index contributed by atoms with van der Waals surface area (Å²) in [5, 5.41) is 0.665. The zero-order valence-electron chi connectivity index (χ0n) is 9.18. The molecule has 2 rings (SSSR count). The van der Waals surface area contributed by atoms with Crippen LogP contribution in [0.15, 0.2) is 39.3 Å². The van der Waals surface area contributed by atoms with Gasteiger partial charge in [0.15, 0.2) is 5.78 Å². The van der Waals surface area contributed by atoms with Crippen LogP contribution in [-0.4, -0.2) is 5.78 Å². The molecule has 0 heterocycles. The van der Waals surface area contributed by atoms with E-state index in [2.05, 4.69) is 31.9 Å². The van der Waals surface area contributed by atoms with Crippen molar-refractivity contribution < 1.29 is 9.18 Å². The van der Waals surface area contributed by atoms with Crippen LogP contribution in [0.1, 0.15) is 15.9 Å². The second-order valence-corrected chi connectivity index (χ2v) is 6.25. The molecule has 0 bridgehead atoms. The number of carbonyl (C=O) groups is 1. The van der Waals surface area contributed by atoms with Crippen LogP contribution in [0.2, 0.25) is 10.0 Å². The topological polar surface area (TPSA) is 17.1 Å². The van der Waals surface area contributed by atoms with Crippen molar-refractivity contribution in [3.8, 4) is 0 Å². The van der Waals surface area contributed by atoms with Gasteiger partial charge in [-0.05, 0) is 46.3 Å². The molecule has 2 aromatic carbocycles. The highest BCUT2D eigenvalue weighted by atomic mass is 79.9. The van der Waals surface area contributed by atoms with Gasteiger partial charge < -0.3 is 0 Å². The van der Waals surface area contributed by atoms with E-state index in [0.29, 0.717) is 14.0 Å². The number of rotatable bonds is 2. The molecule has 0 radical (unpaired) electrons. The Bertz CT molecular complexity index is 674. The molecule has 98 valence electrons. The number of ketones is 1. The van der Waals surface area contributed by atoms with Crippen molar-refractivity contribution in [2.75, 3.05) is 0 Å². The van der Waals surface area contributed by atoms with Crippen LogP contribution in [0.3, 0.4) is 0 Å². The highest BCUT2D eigenvalue weighted by molar-refractivity contribution is 9.10. The fourth-order valence-electron chi connectivity index (χ4n) is 1.51. The summed E-state index contributed by atoms with van der Waals surface area (Å²) in [6.45, 7) is 0. The summed E-state index contributed by atoms with van der Waals surface area (Å²) in [7, 11) is 0. The van der Waals surface area contributed by atoms with Crippen LogP contribution in [0.25, 0.3) is 0 Å². The lowest BCUT2D eigenvalue weighted by Crippen LogP contribution is -2.05. The van der Waals surface area contributed by atoms with Crippen LogP contribution >= 0.6 is 55.1 Å². The van der Waals surface area contributed by atoms with Gasteiger partial charge in [0.25, 0.3) is 0 Å². The molecule has 1 nitrogen and oxygen atoms in total. The van der Waals surface area contributed by atoms with Crippen molar-refractivity contribution in [3.63, 3.8) is 0 Å². The fourth-order valence-corrected chi connectivity index (χ4v) is 2.59. The molecule has 0 unspecified atom stereocenters. The largest absolute Gasteiger partial charge is 0.288 e. The molecule has 2 aromatic rings. The first-order chi connectivity index (χ1) is 8.90. The summed E-state index contributed by atoms with van der Waals surface area (Å²) >= 11 is 18.1. The second-order valence-electron chi connectivity index (χ2n) is 3.70. The highest BCUT2D eigenvalue weighted by Crippen LogP contribution is 2.29. The summed E-state index contributed by atoms with van der Waals surface area (Å²) in [6, 6.07) is 7.19. The van der Waals surface area contributed by atoms with E-state index in [9.17, 15) is 9.18 Å². The molecule has 0 N–H and O–H groups in total. The van der Waals surface area contributed by atoms with E-state index in [4.69, 9.17) is 23.2 Å². The van der Waals surface area contributed by atoms with Crippen molar-refractivity contribution >= 4 is 60.8 Å². The summed E-state index contributed by atoms with van der Waals surface area (Å²) < 4.78 is 14.8. The zero-order chi connectivity index (χ0) is 14.2. The molecular formula is C13H5Br2Cl2FO. The minimum Gasteiger partial charge on any atom is -0.288 e. The number of halogens is 5. The van der Waals surface area contributed by atoms with Gasteiger partial charge >= 0.3 is 0 Å². The van der Waals surface area contributed by atoms with E-state index in [1.807, 2.05) is 0 Å². The maximum absolute atomic E-state index is 13.8. The smallest absolute Gasteiger partial charge is 0.197 e. The third kappa shape index (κ3) is 3.19. The Morgan fingerprint density at radius 1 is 1.00 bits per heavy atom. The van der Waals surface area contributed by atoms with Gasteiger partial charge in [-0.2, -0.15) is 0 Å². The molecule has 0 saturated carbocycles. The van der Waals surface area contributed by atoms with Gasteiger partial charge in [-0.25, -0.2) is 4.39 Å². The molecule has 6 heteroatoms. The van der Waals surface area contributed by atoms with E-state index < -0.39 is 11.6 Å². The van der Waals surface area contributed by atoms with Crippen molar-refractivity contribution in [2.45, 2.75) is 0 Å². The zero-order valence-corrected chi connectivity index (χ0v) is 13.9. The molecule has 0 spiro atoms. The van der Waals surface area contributed by atoms with Crippen LogP contribution < -0.4 is 0 Å². The standard InChI is InChI=1S/C13H5Br2Cl2FO/c14-9-2-1-6(16)3-7(9)13(19)8-4-11(17)10(15)5-12(8)18/h1-5H. The van der Waals surface area contributed by atoms with Crippen molar-refractivity contribution in [2.24, 2.45) is 0 Å². The third-order valence-corrected chi connectivity index (χ3v) is 4.55. The van der Waals surface area contributed by atoms with E-state index in [-0.39, 0.29) is 16.1 Å². The summed E-state index contributed by atoms with van der Waals surface area (Å²) in [4.78, 5) is 12.3. The van der Waals surface area contributed by atoms with Crippen LogP contribution in [-0.2, 0) is 0 Å².